The van der Waals surface area contributed by atoms with Crippen molar-refractivity contribution in [3.63, 3.8) is 0 Å². The largest absolute Gasteiger partial charge is 0.489 e. The van der Waals surface area contributed by atoms with Crippen LogP contribution < -0.4 is 4.74 Å². The predicted octanol–water partition coefficient (Wildman–Crippen LogP) is 6.68. The van der Waals surface area contributed by atoms with Gasteiger partial charge in [0.2, 0.25) is 17.1 Å². The number of hydrogen-bond donors (Lipinski definition) is 1. The van der Waals surface area contributed by atoms with Crippen LogP contribution in [0.4, 0.5) is 0 Å². The zero-order valence-electron chi connectivity index (χ0n) is 20.1. The molecule has 188 valence electrons. The number of rotatable bonds is 5. The Bertz CT molecular complexity index is 1540. The number of nitrogens with zero attached hydrogens (tertiary/aromatic N) is 3. The Morgan fingerprint density at radius 3 is 2.34 bits per heavy atom. The highest BCUT2D eigenvalue weighted by Gasteiger charge is 2.80. The summed E-state index contributed by atoms with van der Waals surface area (Å²) < 4.78 is 18.5. The Morgan fingerprint density at radius 2 is 1.68 bits per heavy atom. The average molecular weight is 543 g/mol. The third kappa shape index (κ3) is 3.46. The van der Waals surface area contributed by atoms with Crippen LogP contribution in [0.15, 0.2) is 72.8 Å². The molecule has 2 saturated heterocycles. The standard InChI is InChI=1S/C29H20Cl2N4O3/c1-18-28(17-34)26(35)38-29(18,23-11-10-21(30)13-24(23)31)37-25(27(28,15-32)16-33)20-8-5-9-22(12-20)36-14-19-6-3-2-4-7-19/h2-13,18,25,35H,14H2,1H3. The highest BCUT2D eigenvalue weighted by atomic mass is 35.5. The van der Waals surface area contributed by atoms with E-state index in [1.54, 1.807) is 43.3 Å². The first-order valence-corrected chi connectivity index (χ1v) is 12.5. The molecule has 0 aliphatic carbocycles. The van der Waals surface area contributed by atoms with Crippen molar-refractivity contribution in [1.82, 2.24) is 0 Å². The van der Waals surface area contributed by atoms with Gasteiger partial charge in [-0.1, -0.05) is 72.6 Å². The first-order chi connectivity index (χ1) is 18.3. The van der Waals surface area contributed by atoms with E-state index in [-0.39, 0.29) is 5.02 Å². The molecule has 4 atom stereocenters. The van der Waals surface area contributed by atoms with Crippen LogP contribution in [0.3, 0.4) is 0 Å². The second-order valence-corrected chi connectivity index (χ2v) is 10.1. The van der Waals surface area contributed by atoms with Crippen molar-refractivity contribution < 1.29 is 14.2 Å². The molecule has 2 bridgehead atoms. The maximum atomic E-state index is 10.5. The topological polar surface area (TPSA) is 123 Å². The van der Waals surface area contributed by atoms with Gasteiger partial charge in [-0.3, -0.25) is 5.41 Å². The van der Waals surface area contributed by atoms with Crippen LogP contribution in [0.2, 0.25) is 10.0 Å². The van der Waals surface area contributed by atoms with E-state index in [1.807, 2.05) is 42.5 Å². The van der Waals surface area contributed by atoms with Crippen molar-refractivity contribution >= 4 is 29.1 Å². The van der Waals surface area contributed by atoms with Crippen LogP contribution in [0.5, 0.6) is 5.75 Å². The van der Waals surface area contributed by atoms with Crippen LogP contribution in [0.25, 0.3) is 0 Å². The Labute approximate surface area is 229 Å². The third-order valence-electron chi connectivity index (χ3n) is 7.38. The molecule has 4 unspecified atom stereocenters. The van der Waals surface area contributed by atoms with E-state index < -0.39 is 34.5 Å². The second-order valence-electron chi connectivity index (χ2n) is 9.24. The quantitative estimate of drug-likeness (QED) is 0.383. The Kier molecular flexibility index (Phi) is 6.30. The van der Waals surface area contributed by atoms with Gasteiger partial charge in [-0.25, -0.2) is 0 Å². The third-order valence-corrected chi connectivity index (χ3v) is 7.93. The summed E-state index contributed by atoms with van der Waals surface area (Å²) in [4.78, 5) is 0. The summed E-state index contributed by atoms with van der Waals surface area (Å²) in [6.45, 7) is 1.92. The first-order valence-electron chi connectivity index (χ1n) is 11.7. The second kappa shape index (κ2) is 9.35. The molecule has 3 aromatic carbocycles. The lowest BCUT2D eigenvalue weighted by Gasteiger charge is -2.49. The number of nitriles is 3. The van der Waals surface area contributed by atoms with Gasteiger partial charge in [-0.05, 0) is 41.5 Å². The normalized spacial score (nSPS) is 26.9. The monoisotopic (exact) mass is 542 g/mol. The molecule has 2 fully saturated rings. The predicted molar refractivity (Wildman–Crippen MR) is 139 cm³/mol. The fraction of sp³-hybridized carbons (Fsp3) is 0.241. The minimum absolute atomic E-state index is 0.200. The van der Waals surface area contributed by atoms with Gasteiger partial charge >= 0.3 is 0 Å². The fourth-order valence-corrected chi connectivity index (χ4v) is 5.96. The molecule has 9 heteroatoms. The zero-order valence-corrected chi connectivity index (χ0v) is 21.6. The van der Waals surface area contributed by atoms with Crippen molar-refractivity contribution in [1.29, 1.82) is 21.2 Å². The van der Waals surface area contributed by atoms with E-state index in [0.29, 0.717) is 28.5 Å². The summed E-state index contributed by atoms with van der Waals surface area (Å²) in [5.41, 5.74) is -2.36. The van der Waals surface area contributed by atoms with Gasteiger partial charge in [0.15, 0.2) is 5.41 Å². The zero-order chi connectivity index (χ0) is 27.1. The molecule has 2 heterocycles. The number of hydrogen-bond acceptors (Lipinski definition) is 7. The van der Waals surface area contributed by atoms with E-state index in [1.165, 1.54) is 6.07 Å². The summed E-state index contributed by atoms with van der Waals surface area (Å²) >= 11 is 12.7. The smallest absolute Gasteiger partial charge is 0.245 e. The lowest BCUT2D eigenvalue weighted by Crippen LogP contribution is -2.57. The molecule has 3 aromatic rings. The van der Waals surface area contributed by atoms with Gasteiger partial charge in [0.05, 0.1) is 29.1 Å². The maximum Gasteiger partial charge on any atom is 0.245 e. The van der Waals surface area contributed by atoms with Crippen LogP contribution >= 0.6 is 23.2 Å². The van der Waals surface area contributed by atoms with Crippen molar-refractivity contribution in [2.24, 2.45) is 16.7 Å². The molecule has 0 amide bonds. The van der Waals surface area contributed by atoms with Crippen molar-refractivity contribution in [2.75, 3.05) is 0 Å². The minimum Gasteiger partial charge on any atom is -0.489 e. The van der Waals surface area contributed by atoms with E-state index in [9.17, 15) is 15.8 Å². The average Bonchev–Trinajstić information content (AvgIpc) is 3.08. The molecule has 38 heavy (non-hydrogen) atoms. The van der Waals surface area contributed by atoms with Gasteiger partial charge in [-0.15, -0.1) is 0 Å². The highest BCUT2D eigenvalue weighted by Crippen LogP contribution is 2.69. The maximum absolute atomic E-state index is 10.5. The fourth-order valence-electron chi connectivity index (χ4n) is 5.42. The van der Waals surface area contributed by atoms with Crippen molar-refractivity contribution in [3.8, 4) is 24.0 Å². The molecular formula is C29H20Cl2N4O3. The number of halogens is 2. The molecule has 0 aromatic heterocycles. The van der Waals surface area contributed by atoms with Crippen molar-refractivity contribution in [2.45, 2.75) is 25.4 Å². The van der Waals surface area contributed by atoms with E-state index in [0.717, 1.165) is 5.56 Å². The van der Waals surface area contributed by atoms with Gasteiger partial charge in [0, 0.05) is 10.6 Å². The van der Waals surface area contributed by atoms with Gasteiger partial charge < -0.3 is 14.2 Å². The Balaban J connectivity index is 1.66. The van der Waals surface area contributed by atoms with E-state index in [2.05, 4.69) is 6.07 Å². The SMILES string of the molecule is CC1C2(c3ccc(Cl)cc3Cl)OC(=N)C1(C#N)C(C#N)(C#N)C(c1cccc(OCc3ccccc3)c1)O2. The van der Waals surface area contributed by atoms with Crippen LogP contribution in [0.1, 0.15) is 29.7 Å². The minimum atomic E-state index is -2.12. The van der Waals surface area contributed by atoms with Crippen molar-refractivity contribution in [3.05, 3.63) is 99.5 Å². The molecule has 0 saturated carbocycles. The summed E-state index contributed by atoms with van der Waals surface area (Å²) in [7, 11) is 0. The summed E-state index contributed by atoms with van der Waals surface area (Å²) in [5.74, 6) is -2.72. The molecule has 0 radical (unpaired) electrons. The molecule has 0 spiro atoms. The summed E-state index contributed by atoms with van der Waals surface area (Å²) in [6, 6.07) is 27.3. The lowest BCUT2D eigenvalue weighted by atomic mass is 9.53. The van der Waals surface area contributed by atoms with Crippen LogP contribution in [0, 0.1) is 56.2 Å². The van der Waals surface area contributed by atoms with Crippen LogP contribution in [-0.4, -0.2) is 5.90 Å². The Hall–Kier alpha value is -4.06. The molecule has 5 rings (SSSR count). The summed E-state index contributed by atoms with van der Waals surface area (Å²) in [5, 5.41) is 40.7. The molecular weight excluding hydrogens is 523 g/mol. The van der Waals surface area contributed by atoms with Gasteiger partial charge in [-0.2, -0.15) is 15.8 Å². The molecule has 2 aliphatic heterocycles. The number of fused-ring (bicyclic) bond motifs is 2. The molecule has 2 aliphatic rings. The summed E-state index contributed by atoms with van der Waals surface area (Å²) in [6.07, 6.45) is -1.29. The van der Waals surface area contributed by atoms with Gasteiger partial charge in [0.1, 0.15) is 18.5 Å². The van der Waals surface area contributed by atoms with Crippen LogP contribution in [-0.2, 0) is 21.9 Å². The highest BCUT2D eigenvalue weighted by molar-refractivity contribution is 6.35. The number of ether oxygens (including phenoxy) is 3. The number of nitrogens with one attached hydrogen (secondary N) is 1. The number of benzene rings is 3. The first kappa shape index (κ1) is 25.6. The lowest BCUT2D eigenvalue weighted by molar-refractivity contribution is -0.288. The van der Waals surface area contributed by atoms with E-state index >= 15 is 0 Å². The van der Waals surface area contributed by atoms with E-state index in [4.69, 9.17) is 42.8 Å². The van der Waals surface area contributed by atoms with Gasteiger partial charge in [0.25, 0.3) is 0 Å². The molecule has 1 N–H and O–H groups in total. The Morgan fingerprint density at radius 1 is 0.947 bits per heavy atom. The molecule has 7 nitrogen and oxygen atoms in total.